The zero-order chi connectivity index (χ0) is 19.5. The first kappa shape index (κ1) is 19.5. The number of likely N-dealkylation sites (tertiary alicyclic amines) is 1. The highest BCUT2D eigenvalue weighted by molar-refractivity contribution is 5.21. The minimum absolute atomic E-state index is 0.168. The Morgan fingerprint density at radius 3 is 2.07 bits per heavy atom. The van der Waals surface area contributed by atoms with Crippen LogP contribution in [0.1, 0.15) is 55.6 Å². The number of rotatable bonds is 4. The van der Waals surface area contributed by atoms with E-state index in [0.29, 0.717) is 29.9 Å². The lowest BCUT2D eigenvalue weighted by Crippen LogP contribution is -2.43. The topological polar surface area (TPSA) is 3.24 Å². The van der Waals surface area contributed by atoms with E-state index in [1.54, 1.807) is 12.1 Å². The van der Waals surface area contributed by atoms with Crippen molar-refractivity contribution >= 4 is 0 Å². The van der Waals surface area contributed by atoms with Crippen molar-refractivity contribution in [1.82, 2.24) is 4.90 Å². The Morgan fingerprint density at radius 2 is 1.39 bits per heavy atom. The van der Waals surface area contributed by atoms with Gasteiger partial charge in [0.15, 0.2) is 0 Å². The maximum absolute atomic E-state index is 13.9. The Hall–Kier alpha value is -1.81. The predicted molar refractivity (Wildman–Crippen MR) is 106 cm³/mol. The molecule has 0 unspecified atom stereocenters. The third kappa shape index (κ3) is 4.60. The SMILES string of the molecule is Fc1ccc(C2CCC(N3CCC(Cc4cc(F)ccc4F)CC3)CC2)cc1. The first-order valence-electron chi connectivity index (χ1n) is 10.5. The summed E-state index contributed by atoms with van der Waals surface area (Å²) in [6.07, 6.45) is 7.42. The van der Waals surface area contributed by atoms with Gasteiger partial charge >= 0.3 is 0 Å². The summed E-state index contributed by atoms with van der Waals surface area (Å²) in [5.74, 6) is 0.168. The highest BCUT2D eigenvalue weighted by Crippen LogP contribution is 2.36. The molecule has 4 heteroatoms. The molecule has 0 spiro atoms. The molecule has 1 aliphatic carbocycles. The van der Waals surface area contributed by atoms with Crippen molar-refractivity contribution in [3.8, 4) is 0 Å². The molecule has 4 rings (SSSR count). The maximum atomic E-state index is 13.9. The molecule has 150 valence electrons. The van der Waals surface area contributed by atoms with Crippen LogP contribution in [-0.4, -0.2) is 24.0 Å². The Morgan fingerprint density at radius 1 is 0.750 bits per heavy atom. The van der Waals surface area contributed by atoms with Crippen LogP contribution >= 0.6 is 0 Å². The number of halogens is 3. The van der Waals surface area contributed by atoms with E-state index in [-0.39, 0.29) is 17.5 Å². The summed E-state index contributed by atoms with van der Waals surface area (Å²) in [6.45, 7) is 2.10. The van der Waals surface area contributed by atoms with Crippen LogP contribution in [0.15, 0.2) is 42.5 Å². The minimum atomic E-state index is -0.355. The van der Waals surface area contributed by atoms with Gasteiger partial charge in [-0.15, -0.1) is 0 Å². The molecule has 0 atom stereocenters. The lowest BCUT2D eigenvalue weighted by atomic mass is 9.80. The Kier molecular flexibility index (Phi) is 6.05. The molecule has 0 amide bonds. The molecule has 1 heterocycles. The maximum Gasteiger partial charge on any atom is 0.126 e. The Balaban J connectivity index is 1.25. The molecular formula is C24H28F3N. The number of piperidine rings is 1. The molecule has 0 aromatic heterocycles. The van der Waals surface area contributed by atoms with Gasteiger partial charge in [-0.1, -0.05) is 12.1 Å². The number of benzene rings is 2. The second kappa shape index (κ2) is 8.69. The van der Waals surface area contributed by atoms with Gasteiger partial charge in [-0.3, -0.25) is 0 Å². The van der Waals surface area contributed by atoms with Crippen LogP contribution < -0.4 is 0 Å². The molecule has 28 heavy (non-hydrogen) atoms. The second-order valence-electron chi connectivity index (χ2n) is 8.48. The summed E-state index contributed by atoms with van der Waals surface area (Å²) in [4.78, 5) is 2.60. The average molecular weight is 387 g/mol. The molecule has 0 radical (unpaired) electrons. The second-order valence-corrected chi connectivity index (χ2v) is 8.48. The fourth-order valence-electron chi connectivity index (χ4n) is 5.04. The molecule has 1 saturated heterocycles. The van der Waals surface area contributed by atoms with Crippen molar-refractivity contribution in [2.24, 2.45) is 5.92 Å². The minimum Gasteiger partial charge on any atom is -0.300 e. The summed E-state index contributed by atoms with van der Waals surface area (Å²) >= 11 is 0. The fraction of sp³-hybridized carbons (Fsp3) is 0.500. The van der Waals surface area contributed by atoms with Crippen LogP contribution in [0.4, 0.5) is 13.2 Å². The van der Waals surface area contributed by atoms with Gasteiger partial charge in [-0.05, 0) is 111 Å². The van der Waals surface area contributed by atoms with Crippen molar-refractivity contribution in [1.29, 1.82) is 0 Å². The number of hydrogen-bond acceptors (Lipinski definition) is 1. The quantitative estimate of drug-likeness (QED) is 0.614. The molecule has 1 saturated carbocycles. The van der Waals surface area contributed by atoms with Gasteiger partial charge in [0.25, 0.3) is 0 Å². The van der Waals surface area contributed by atoms with E-state index < -0.39 is 0 Å². The molecule has 2 aliphatic rings. The van der Waals surface area contributed by atoms with Gasteiger partial charge in [-0.2, -0.15) is 0 Å². The fourth-order valence-corrected chi connectivity index (χ4v) is 5.04. The molecule has 2 fully saturated rings. The molecule has 2 aromatic rings. The zero-order valence-corrected chi connectivity index (χ0v) is 16.2. The van der Waals surface area contributed by atoms with E-state index >= 15 is 0 Å². The lowest BCUT2D eigenvalue weighted by Gasteiger charge is -2.41. The highest BCUT2D eigenvalue weighted by Gasteiger charge is 2.29. The molecule has 1 nitrogen and oxygen atoms in total. The summed E-state index contributed by atoms with van der Waals surface area (Å²) in [5, 5.41) is 0. The van der Waals surface area contributed by atoms with Gasteiger partial charge in [0, 0.05) is 6.04 Å². The van der Waals surface area contributed by atoms with Crippen molar-refractivity contribution in [3.63, 3.8) is 0 Å². The summed E-state index contributed by atoms with van der Waals surface area (Å²) in [7, 11) is 0. The van der Waals surface area contributed by atoms with Crippen molar-refractivity contribution in [2.45, 2.75) is 56.9 Å². The normalized spacial score (nSPS) is 24.4. The van der Waals surface area contributed by atoms with E-state index in [1.807, 2.05) is 12.1 Å². The first-order chi connectivity index (χ1) is 13.6. The number of nitrogens with zero attached hydrogens (tertiary/aromatic N) is 1. The largest absolute Gasteiger partial charge is 0.300 e. The predicted octanol–water partition coefficient (Wildman–Crippen LogP) is 6.08. The smallest absolute Gasteiger partial charge is 0.126 e. The Bertz CT molecular complexity index is 773. The highest BCUT2D eigenvalue weighted by atomic mass is 19.1. The van der Waals surface area contributed by atoms with Crippen LogP contribution in [-0.2, 0) is 6.42 Å². The van der Waals surface area contributed by atoms with E-state index in [0.717, 1.165) is 38.8 Å². The van der Waals surface area contributed by atoms with Crippen LogP contribution in [0, 0.1) is 23.4 Å². The molecule has 0 bridgehead atoms. The average Bonchev–Trinajstić information content (AvgIpc) is 2.72. The summed E-state index contributed by atoms with van der Waals surface area (Å²) in [5.41, 5.74) is 1.77. The Labute approximate surface area is 165 Å². The summed E-state index contributed by atoms with van der Waals surface area (Å²) in [6, 6.07) is 11.4. The van der Waals surface area contributed by atoms with Crippen molar-refractivity contribution in [2.75, 3.05) is 13.1 Å². The molecule has 2 aromatic carbocycles. The van der Waals surface area contributed by atoms with E-state index in [2.05, 4.69) is 4.90 Å². The third-order valence-corrected chi connectivity index (χ3v) is 6.72. The van der Waals surface area contributed by atoms with Gasteiger partial charge in [0.05, 0.1) is 0 Å². The van der Waals surface area contributed by atoms with Gasteiger partial charge in [-0.25, -0.2) is 13.2 Å². The van der Waals surface area contributed by atoms with Crippen LogP contribution in [0.3, 0.4) is 0 Å². The van der Waals surface area contributed by atoms with E-state index in [1.165, 1.54) is 36.6 Å². The van der Waals surface area contributed by atoms with Crippen LogP contribution in [0.2, 0.25) is 0 Å². The van der Waals surface area contributed by atoms with Crippen molar-refractivity contribution in [3.05, 3.63) is 71.0 Å². The molecular weight excluding hydrogens is 359 g/mol. The van der Waals surface area contributed by atoms with Crippen LogP contribution in [0.25, 0.3) is 0 Å². The number of hydrogen-bond donors (Lipinski definition) is 0. The van der Waals surface area contributed by atoms with Crippen LogP contribution in [0.5, 0.6) is 0 Å². The third-order valence-electron chi connectivity index (χ3n) is 6.72. The van der Waals surface area contributed by atoms with Gasteiger partial charge in [0.2, 0.25) is 0 Å². The standard InChI is InChI=1S/C24H28F3N/c25-21-5-1-18(2-6-21)19-3-8-23(9-4-19)28-13-11-17(12-14-28)15-20-16-22(26)7-10-24(20)27/h1-2,5-7,10,16-17,19,23H,3-4,8-9,11-15H2. The van der Waals surface area contributed by atoms with Gasteiger partial charge in [0.1, 0.15) is 17.5 Å². The summed E-state index contributed by atoms with van der Waals surface area (Å²) < 4.78 is 40.4. The molecule has 0 N–H and O–H groups in total. The van der Waals surface area contributed by atoms with Crippen molar-refractivity contribution < 1.29 is 13.2 Å². The monoisotopic (exact) mass is 387 g/mol. The lowest BCUT2D eigenvalue weighted by molar-refractivity contribution is 0.102. The van der Waals surface area contributed by atoms with Gasteiger partial charge < -0.3 is 4.90 Å². The van der Waals surface area contributed by atoms with E-state index in [9.17, 15) is 13.2 Å². The van der Waals surface area contributed by atoms with E-state index in [4.69, 9.17) is 0 Å². The molecule has 1 aliphatic heterocycles. The zero-order valence-electron chi connectivity index (χ0n) is 16.2. The first-order valence-corrected chi connectivity index (χ1v) is 10.5.